The van der Waals surface area contributed by atoms with Crippen LogP contribution in [0.25, 0.3) is 6.08 Å². The molecule has 2 rings (SSSR count). The lowest BCUT2D eigenvalue weighted by atomic mass is 9.90. The molecule has 1 aliphatic rings. The first-order chi connectivity index (χ1) is 9.56. The minimum absolute atomic E-state index is 0.0981. The highest BCUT2D eigenvalue weighted by Gasteiger charge is 2.20. The van der Waals surface area contributed by atoms with E-state index in [0.29, 0.717) is 29.7 Å². The molecule has 0 atom stereocenters. The van der Waals surface area contributed by atoms with Crippen molar-refractivity contribution in [2.24, 2.45) is 4.99 Å². The number of Topliss-reactive ketones (excluding diaryl/α,β-unsaturated/α-hetero) is 1. The van der Waals surface area contributed by atoms with E-state index in [1.165, 1.54) is 0 Å². The number of rotatable bonds is 3. The summed E-state index contributed by atoms with van der Waals surface area (Å²) in [6, 6.07) is 6.79. The fraction of sp³-hybridized carbons (Fsp3) is 0.267. The lowest BCUT2D eigenvalue weighted by Crippen LogP contribution is -2.18. The van der Waals surface area contributed by atoms with E-state index in [-0.39, 0.29) is 24.5 Å². The van der Waals surface area contributed by atoms with Gasteiger partial charge in [-0.15, -0.1) is 0 Å². The lowest BCUT2D eigenvalue weighted by Gasteiger charge is -2.16. The number of ketones is 1. The Hall–Kier alpha value is -2.43. The second kappa shape index (κ2) is 6.14. The third-order valence-corrected chi connectivity index (χ3v) is 3.07. The van der Waals surface area contributed by atoms with Crippen molar-refractivity contribution < 1.29 is 19.8 Å². The summed E-state index contributed by atoms with van der Waals surface area (Å²) in [5, 5.41) is 18.4. The highest BCUT2D eigenvalue weighted by molar-refractivity contribution is 6.11. The Kier molecular flexibility index (Phi) is 4.30. The van der Waals surface area contributed by atoms with Gasteiger partial charge in [-0.1, -0.05) is 18.2 Å². The highest BCUT2D eigenvalue weighted by atomic mass is 16.4. The fourth-order valence-corrected chi connectivity index (χ4v) is 2.10. The molecule has 104 valence electrons. The largest absolute Gasteiger partial charge is 0.507 e. The van der Waals surface area contributed by atoms with Crippen molar-refractivity contribution in [1.82, 2.24) is 0 Å². The molecule has 1 aromatic rings. The lowest BCUT2D eigenvalue weighted by molar-refractivity contribution is -0.135. The summed E-state index contributed by atoms with van der Waals surface area (Å²) in [5.41, 5.74) is 1.92. The van der Waals surface area contributed by atoms with Crippen LogP contribution in [-0.4, -0.2) is 34.2 Å². The van der Waals surface area contributed by atoms with Crippen molar-refractivity contribution in [2.45, 2.75) is 19.3 Å². The standard InChI is InChI=1S/C15H15NO4/c17-12-5-6-13(16-9-15(19)20)11(8-12)7-10-3-1-2-4-14(10)18/h1-4,7,18H,5-6,8-9H2,(H,19,20). The fourth-order valence-electron chi connectivity index (χ4n) is 2.10. The molecular formula is C15H15NO4. The van der Waals surface area contributed by atoms with Crippen molar-refractivity contribution >= 4 is 23.5 Å². The van der Waals surface area contributed by atoms with Crippen LogP contribution in [0.2, 0.25) is 0 Å². The van der Waals surface area contributed by atoms with E-state index < -0.39 is 5.97 Å². The summed E-state index contributed by atoms with van der Waals surface area (Å²) in [6.07, 6.45) is 2.77. The van der Waals surface area contributed by atoms with Crippen LogP contribution in [0.15, 0.2) is 34.8 Å². The maximum Gasteiger partial charge on any atom is 0.325 e. The maximum atomic E-state index is 11.6. The Balaban J connectivity index is 2.33. The number of hydrogen-bond donors (Lipinski definition) is 2. The van der Waals surface area contributed by atoms with Gasteiger partial charge in [0.05, 0.1) is 0 Å². The van der Waals surface area contributed by atoms with Gasteiger partial charge in [0.2, 0.25) is 0 Å². The SMILES string of the molecule is O=C(O)CN=C1CCC(=O)CC1=Cc1ccccc1O. The molecule has 1 aliphatic carbocycles. The van der Waals surface area contributed by atoms with Gasteiger partial charge in [-0.25, -0.2) is 0 Å². The molecule has 1 aromatic carbocycles. The van der Waals surface area contributed by atoms with Gasteiger partial charge in [0.15, 0.2) is 0 Å². The molecular weight excluding hydrogens is 258 g/mol. The van der Waals surface area contributed by atoms with E-state index in [4.69, 9.17) is 5.11 Å². The number of carbonyl (C=O) groups is 2. The number of aliphatic imine (C=N–C) groups is 1. The molecule has 20 heavy (non-hydrogen) atoms. The van der Waals surface area contributed by atoms with Crippen LogP contribution in [-0.2, 0) is 9.59 Å². The number of phenolic OH excluding ortho intramolecular Hbond substituents is 1. The first kappa shape index (κ1) is 14.0. The number of carbonyl (C=O) groups excluding carboxylic acids is 1. The second-order valence-electron chi connectivity index (χ2n) is 4.60. The maximum absolute atomic E-state index is 11.6. The summed E-state index contributed by atoms with van der Waals surface area (Å²) in [6.45, 7) is -0.304. The van der Waals surface area contributed by atoms with Gasteiger partial charge in [0, 0.05) is 24.1 Å². The molecule has 5 nitrogen and oxygen atoms in total. The number of para-hydroxylation sites is 1. The molecule has 0 aliphatic heterocycles. The monoisotopic (exact) mass is 273 g/mol. The first-order valence-electron chi connectivity index (χ1n) is 6.32. The van der Waals surface area contributed by atoms with Gasteiger partial charge in [-0.2, -0.15) is 0 Å². The molecule has 0 heterocycles. The van der Waals surface area contributed by atoms with Gasteiger partial charge in [0.25, 0.3) is 0 Å². The van der Waals surface area contributed by atoms with E-state index in [2.05, 4.69) is 4.99 Å². The van der Waals surface area contributed by atoms with Crippen molar-refractivity contribution in [2.75, 3.05) is 6.54 Å². The predicted molar refractivity (Wildman–Crippen MR) is 74.9 cm³/mol. The van der Waals surface area contributed by atoms with Gasteiger partial charge >= 0.3 is 5.97 Å². The van der Waals surface area contributed by atoms with E-state index in [1.807, 2.05) is 0 Å². The normalized spacial score (nSPS) is 19.5. The van der Waals surface area contributed by atoms with Crippen LogP contribution < -0.4 is 0 Å². The molecule has 1 fully saturated rings. The number of carboxylic acids is 1. The quantitative estimate of drug-likeness (QED) is 0.882. The highest BCUT2D eigenvalue weighted by Crippen LogP contribution is 2.25. The average molecular weight is 273 g/mol. The summed E-state index contributed by atoms with van der Waals surface area (Å²) in [4.78, 5) is 26.2. The number of benzene rings is 1. The molecule has 0 saturated heterocycles. The van der Waals surface area contributed by atoms with Crippen LogP contribution in [0, 0.1) is 0 Å². The smallest absolute Gasteiger partial charge is 0.325 e. The number of nitrogens with zero attached hydrogens (tertiary/aromatic N) is 1. The van der Waals surface area contributed by atoms with Crippen molar-refractivity contribution in [3.05, 3.63) is 35.4 Å². The molecule has 0 aromatic heterocycles. The molecule has 0 unspecified atom stereocenters. The molecule has 0 amide bonds. The molecule has 0 radical (unpaired) electrons. The summed E-state index contributed by atoms with van der Waals surface area (Å²) in [7, 11) is 0. The van der Waals surface area contributed by atoms with Crippen LogP contribution in [0.1, 0.15) is 24.8 Å². The van der Waals surface area contributed by atoms with Crippen molar-refractivity contribution in [1.29, 1.82) is 0 Å². The van der Waals surface area contributed by atoms with Crippen LogP contribution in [0.5, 0.6) is 5.75 Å². The topological polar surface area (TPSA) is 87.0 Å². The van der Waals surface area contributed by atoms with Gasteiger partial charge in [-0.05, 0) is 24.1 Å². The zero-order valence-corrected chi connectivity index (χ0v) is 10.9. The Morgan fingerprint density at radius 3 is 2.75 bits per heavy atom. The average Bonchev–Trinajstić information content (AvgIpc) is 2.40. The minimum atomic E-state index is -1.00. The van der Waals surface area contributed by atoms with E-state index >= 15 is 0 Å². The minimum Gasteiger partial charge on any atom is -0.507 e. The third-order valence-electron chi connectivity index (χ3n) is 3.07. The molecule has 0 spiro atoms. The first-order valence-corrected chi connectivity index (χ1v) is 6.32. The number of phenols is 1. The molecule has 0 bridgehead atoms. The number of hydrogen-bond acceptors (Lipinski definition) is 4. The summed E-state index contributed by atoms with van der Waals surface area (Å²) in [5.74, 6) is -0.784. The molecule has 2 N–H and O–H groups in total. The Morgan fingerprint density at radius 1 is 1.30 bits per heavy atom. The van der Waals surface area contributed by atoms with Crippen LogP contribution >= 0.6 is 0 Å². The van der Waals surface area contributed by atoms with Gasteiger partial charge < -0.3 is 10.2 Å². The van der Waals surface area contributed by atoms with Crippen molar-refractivity contribution in [3.63, 3.8) is 0 Å². The number of carboxylic acid groups (broad SMARTS) is 1. The number of allylic oxidation sites excluding steroid dienone is 1. The van der Waals surface area contributed by atoms with Crippen LogP contribution in [0.4, 0.5) is 0 Å². The van der Waals surface area contributed by atoms with E-state index in [0.717, 1.165) is 0 Å². The predicted octanol–water partition coefficient (Wildman–Crippen LogP) is 2.05. The molecule has 5 heteroatoms. The second-order valence-corrected chi connectivity index (χ2v) is 4.60. The Bertz CT molecular complexity index is 602. The van der Waals surface area contributed by atoms with E-state index in [9.17, 15) is 14.7 Å². The molecule has 1 saturated carbocycles. The van der Waals surface area contributed by atoms with Gasteiger partial charge in [0.1, 0.15) is 18.1 Å². The Labute approximate surface area is 116 Å². The summed E-state index contributed by atoms with van der Waals surface area (Å²) >= 11 is 0. The Morgan fingerprint density at radius 2 is 2.05 bits per heavy atom. The number of aromatic hydroxyl groups is 1. The zero-order valence-electron chi connectivity index (χ0n) is 10.9. The third kappa shape index (κ3) is 3.54. The number of aliphatic carboxylic acids is 1. The van der Waals surface area contributed by atoms with Gasteiger partial charge in [-0.3, -0.25) is 14.6 Å². The van der Waals surface area contributed by atoms with Crippen LogP contribution in [0.3, 0.4) is 0 Å². The van der Waals surface area contributed by atoms with E-state index in [1.54, 1.807) is 30.3 Å². The van der Waals surface area contributed by atoms with Crippen molar-refractivity contribution in [3.8, 4) is 5.75 Å². The zero-order chi connectivity index (χ0) is 14.5. The summed E-state index contributed by atoms with van der Waals surface area (Å²) < 4.78 is 0.